The van der Waals surface area contributed by atoms with Crippen molar-refractivity contribution in [3.8, 4) is 0 Å². The first-order valence-electron chi connectivity index (χ1n) is 8.51. The van der Waals surface area contributed by atoms with Crippen molar-refractivity contribution < 1.29 is 9.18 Å². The van der Waals surface area contributed by atoms with Gasteiger partial charge in [-0.25, -0.2) is 10.2 Å². The standard InChI is InChI=1S/C18H25Cl2FN4O/c1-18(7-3-4-8-18)17(15-13(21)6-5-12(19)16(15)20)24-14(26)9-11(10-22)25(2)23/h5-6,10,17H,3-4,7-9,22-23H2,1-2H3,(H,24,26)/b11-10-. The van der Waals surface area contributed by atoms with Crippen LogP contribution in [0.2, 0.25) is 10.0 Å². The van der Waals surface area contributed by atoms with E-state index < -0.39 is 11.9 Å². The number of carbonyl (C=O) groups excluding carboxylic acids is 1. The number of carbonyl (C=O) groups is 1. The van der Waals surface area contributed by atoms with E-state index in [-0.39, 0.29) is 33.4 Å². The molecular weight excluding hydrogens is 378 g/mol. The van der Waals surface area contributed by atoms with Gasteiger partial charge in [0.15, 0.2) is 0 Å². The summed E-state index contributed by atoms with van der Waals surface area (Å²) in [6.07, 6.45) is 5.01. The van der Waals surface area contributed by atoms with Crippen LogP contribution >= 0.6 is 23.2 Å². The largest absolute Gasteiger partial charge is 0.403 e. The summed E-state index contributed by atoms with van der Waals surface area (Å²) in [5.74, 6) is 4.86. The van der Waals surface area contributed by atoms with Gasteiger partial charge in [-0.3, -0.25) is 4.79 Å². The predicted molar refractivity (Wildman–Crippen MR) is 103 cm³/mol. The number of halogens is 3. The highest BCUT2D eigenvalue weighted by Crippen LogP contribution is 2.50. The molecule has 5 N–H and O–H groups in total. The minimum Gasteiger partial charge on any atom is -0.403 e. The number of hydrazine groups is 1. The molecule has 1 amide bonds. The molecule has 1 aliphatic carbocycles. The third-order valence-electron chi connectivity index (χ3n) is 5.10. The Hall–Kier alpha value is -1.50. The quantitative estimate of drug-likeness (QED) is 0.383. The lowest BCUT2D eigenvalue weighted by Gasteiger charge is -2.36. The molecule has 1 saturated carbocycles. The van der Waals surface area contributed by atoms with Gasteiger partial charge in [0.2, 0.25) is 5.91 Å². The topological polar surface area (TPSA) is 84.4 Å². The van der Waals surface area contributed by atoms with Gasteiger partial charge in [-0.1, -0.05) is 43.0 Å². The molecule has 5 nitrogen and oxygen atoms in total. The van der Waals surface area contributed by atoms with E-state index >= 15 is 0 Å². The van der Waals surface area contributed by atoms with Gasteiger partial charge in [0.1, 0.15) is 5.82 Å². The molecule has 1 aromatic rings. The molecule has 1 unspecified atom stereocenters. The zero-order chi connectivity index (χ0) is 19.5. The van der Waals surface area contributed by atoms with Gasteiger partial charge in [-0.2, -0.15) is 0 Å². The van der Waals surface area contributed by atoms with Crippen LogP contribution < -0.4 is 16.9 Å². The third-order valence-corrected chi connectivity index (χ3v) is 5.92. The monoisotopic (exact) mass is 402 g/mol. The SMILES string of the molecule is CN(N)/C(=C\N)CC(=O)NC(c1c(F)ccc(Cl)c1Cl)C1(C)CCCC1. The lowest BCUT2D eigenvalue weighted by Crippen LogP contribution is -2.40. The Morgan fingerprint density at radius 3 is 2.58 bits per heavy atom. The Balaban J connectivity index is 2.38. The molecule has 0 heterocycles. The van der Waals surface area contributed by atoms with Crippen LogP contribution in [0.1, 0.15) is 50.6 Å². The molecule has 1 aromatic carbocycles. The molecule has 26 heavy (non-hydrogen) atoms. The molecule has 2 rings (SSSR count). The van der Waals surface area contributed by atoms with Crippen LogP contribution in [0.3, 0.4) is 0 Å². The molecule has 0 spiro atoms. The first-order chi connectivity index (χ1) is 12.2. The van der Waals surface area contributed by atoms with Crippen LogP contribution in [0.5, 0.6) is 0 Å². The normalized spacial score (nSPS) is 17.8. The van der Waals surface area contributed by atoms with Gasteiger partial charge in [-0.15, -0.1) is 0 Å². The van der Waals surface area contributed by atoms with Crippen LogP contribution in [0.15, 0.2) is 24.0 Å². The van der Waals surface area contributed by atoms with Crippen LogP contribution in [0.4, 0.5) is 4.39 Å². The molecular formula is C18H25Cl2FN4O. The van der Waals surface area contributed by atoms with Crippen molar-refractivity contribution in [2.24, 2.45) is 17.0 Å². The first kappa shape index (κ1) is 20.8. The second-order valence-corrected chi connectivity index (χ2v) is 7.85. The smallest absolute Gasteiger partial charge is 0.226 e. The number of benzene rings is 1. The lowest BCUT2D eigenvalue weighted by molar-refractivity contribution is -0.122. The maximum Gasteiger partial charge on any atom is 0.226 e. The fourth-order valence-corrected chi connectivity index (χ4v) is 3.98. The van der Waals surface area contributed by atoms with Crippen molar-refractivity contribution in [2.45, 2.75) is 45.1 Å². The Kier molecular flexibility index (Phi) is 6.77. The summed E-state index contributed by atoms with van der Waals surface area (Å²) in [7, 11) is 1.59. The molecule has 1 atom stereocenters. The predicted octanol–water partition coefficient (Wildman–Crippen LogP) is 3.87. The molecule has 144 valence electrons. The number of nitrogens with one attached hydrogen (secondary N) is 1. The van der Waals surface area contributed by atoms with Gasteiger partial charge >= 0.3 is 0 Å². The van der Waals surface area contributed by atoms with Gasteiger partial charge in [0.25, 0.3) is 0 Å². The summed E-state index contributed by atoms with van der Waals surface area (Å²) in [6, 6.07) is 2.10. The first-order valence-corrected chi connectivity index (χ1v) is 9.27. The number of amides is 1. The zero-order valence-electron chi connectivity index (χ0n) is 15.0. The van der Waals surface area contributed by atoms with Crippen molar-refractivity contribution in [3.63, 3.8) is 0 Å². The van der Waals surface area contributed by atoms with Crippen LogP contribution in [0.25, 0.3) is 0 Å². The molecule has 0 aliphatic heterocycles. The molecule has 0 aromatic heterocycles. The summed E-state index contributed by atoms with van der Waals surface area (Å²) in [4.78, 5) is 12.6. The number of hydrogen-bond donors (Lipinski definition) is 3. The van der Waals surface area contributed by atoms with Gasteiger partial charge in [-0.05, 0) is 30.4 Å². The second kappa shape index (κ2) is 8.46. The molecule has 0 bridgehead atoms. The average Bonchev–Trinajstić information content (AvgIpc) is 3.03. The van der Waals surface area contributed by atoms with E-state index in [0.717, 1.165) is 25.7 Å². The van der Waals surface area contributed by atoms with Crippen molar-refractivity contribution in [3.05, 3.63) is 45.5 Å². The van der Waals surface area contributed by atoms with Gasteiger partial charge in [0, 0.05) is 18.8 Å². The summed E-state index contributed by atoms with van der Waals surface area (Å²) >= 11 is 12.4. The Morgan fingerprint density at radius 2 is 2.04 bits per heavy atom. The highest BCUT2D eigenvalue weighted by molar-refractivity contribution is 6.42. The van der Waals surface area contributed by atoms with E-state index in [4.69, 9.17) is 34.8 Å². The molecule has 0 radical (unpaired) electrons. The number of hydrogen-bond acceptors (Lipinski definition) is 4. The van der Waals surface area contributed by atoms with Crippen molar-refractivity contribution in [1.82, 2.24) is 10.3 Å². The Morgan fingerprint density at radius 1 is 1.42 bits per heavy atom. The zero-order valence-corrected chi connectivity index (χ0v) is 16.5. The van der Waals surface area contributed by atoms with E-state index in [9.17, 15) is 9.18 Å². The summed E-state index contributed by atoms with van der Waals surface area (Å²) < 4.78 is 14.7. The summed E-state index contributed by atoms with van der Waals surface area (Å²) in [6.45, 7) is 2.04. The van der Waals surface area contributed by atoms with E-state index in [0.29, 0.717) is 5.70 Å². The fourth-order valence-electron chi connectivity index (χ4n) is 3.55. The maximum atomic E-state index is 14.7. The summed E-state index contributed by atoms with van der Waals surface area (Å²) in [5.41, 5.74) is 5.89. The van der Waals surface area contributed by atoms with Gasteiger partial charge < -0.3 is 16.1 Å². The van der Waals surface area contributed by atoms with Crippen LogP contribution in [-0.4, -0.2) is 18.0 Å². The van der Waals surface area contributed by atoms with E-state index in [2.05, 4.69) is 5.32 Å². The Bertz CT molecular complexity index is 703. The van der Waals surface area contributed by atoms with Crippen LogP contribution in [0, 0.1) is 11.2 Å². The molecule has 1 fully saturated rings. The second-order valence-electron chi connectivity index (χ2n) is 7.06. The number of nitrogens with zero attached hydrogens (tertiary/aromatic N) is 1. The highest BCUT2D eigenvalue weighted by Gasteiger charge is 2.41. The molecule has 0 saturated heterocycles. The summed E-state index contributed by atoms with van der Waals surface area (Å²) in [5, 5.41) is 4.61. The van der Waals surface area contributed by atoms with Crippen LogP contribution in [-0.2, 0) is 4.79 Å². The van der Waals surface area contributed by atoms with Gasteiger partial charge in [0.05, 0.1) is 28.2 Å². The van der Waals surface area contributed by atoms with Crippen molar-refractivity contribution in [2.75, 3.05) is 7.05 Å². The highest BCUT2D eigenvalue weighted by atomic mass is 35.5. The average molecular weight is 403 g/mol. The minimum atomic E-state index is -0.592. The molecule has 1 aliphatic rings. The van der Waals surface area contributed by atoms with E-state index in [1.165, 1.54) is 23.3 Å². The lowest BCUT2D eigenvalue weighted by atomic mass is 9.77. The fraction of sp³-hybridized carbons (Fsp3) is 0.500. The van der Waals surface area contributed by atoms with Crippen molar-refractivity contribution in [1.29, 1.82) is 0 Å². The molecule has 8 heteroatoms. The van der Waals surface area contributed by atoms with E-state index in [1.54, 1.807) is 7.05 Å². The van der Waals surface area contributed by atoms with Crippen molar-refractivity contribution >= 4 is 29.1 Å². The third kappa shape index (κ3) is 4.42. The van der Waals surface area contributed by atoms with E-state index in [1.807, 2.05) is 6.92 Å². The number of rotatable bonds is 6. The Labute approximate surface area is 163 Å². The minimum absolute atomic E-state index is 0.0180. The maximum absolute atomic E-state index is 14.7. The number of nitrogens with two attached hydrogens (primary N) is 2.